The van der Waals surface area contributed by atoms with Crippen LogP contribution in [0.1, 0.15) is 44.6 Å². The molecule has 1 aromatic rings. The second kappa shape index (κ2) is 9.25. The molecule has 29 heavy (non-hydrogen) atoms. The van der Waals surface area contributed by atoms with Gasteiger partial charge in [0.05, 0.1) is 7.11 Å². The summed E-state index contributed by atoms with van der Waals surface area (Å²) in [6.45, 7) is 6.59. The quantitative estimate of drug-likeness (QED) is 0.382. The molecule has 0 aromatic heterocycles. The molecule has 1 fully saturated rings. The Morgan fingerprint density at radius 2 is 2.00 bits per heavy atom. The molecule has 0 radical (unpaired) electrons. The number of ether oxygens (including phenoxy) is 2. The molecule has 1 saturated carbocycles. The fourth-order valence-corrected chi connectivity index (χ4v) is 4.70. The van der Waals surface area contributed by atoms with Gasteiger partial charge >= 0.3 is 11.9 Å². The van der Waals surface area contributed by atoms with Gasteiger partial charge in [-0.1, -0.05) is 49.9 Å². The van der Waals surface area contributed by atoms with E-state index in [9.17, 15) is 9.59 Å². The predicted molar refractivity (Wildman–Crippen MR) is 114 cm³/mol. The number of esters is 2. The number of hydrogen-bond acceptors (Lipinski definition) is 4. The Morgan fingerprint density at radius 1 is 1.24 bits per heavy atom. The van der Waals surface area contributed by atoms with Gasteiger partial charge in [-0.05, 0) is 66.6 Å². The van der Waals surface area contributed by atoms with Gasteiger partial charge in [0, 0.05) is 11.6 Å². The highest BCUT2D eigenvalue weighted by molar-refractivity contribution is 5.88. The zero-order chi connectivity index (χ0) is 20.9. The summed E-state index contributed by atoms with van der Waals surface area (Å²) in [7, 11) is 1.40. The molecular weight excluding hydrogens is 364 g/mol. The van der Waals surface area contributed by atoms with Crippen LogP contribution in [-0.4, -0.2) is 25.7 Å². The third-order valence-corrected chi connectivity index (χ3v) is 6.53. The van der Waals surface area contributed by atoms with E-state index in [-0.39, 0.29) is 23.3 Å². The van der Waals surface area contributed by atoms with Crippen molar-refractivity contribution in [3.05, 3.63) is 65.8 Å². The van der Waals surface area contributed by atoms with E-state index < -0.39 is 0 Å². The van der Waals surface area contributed by atoms with Gasteiger partial charge in [0.15, 0.2) is 0 Å². The van der Waals surface area contributed by atoms with Gasteiger partial charge in [-0.3, -0.25) is 0 Å². The third kappa shape index (κ3) is 5.06. The lowest BCUT2D eigenvalue weighted by Gasteiger charge is -2.48. The number of allylic oxidation sites excluding steroid dienone is 1. The molecule has 0 aliphatic heterocycles. The van der Waals surface area contributed by atoms with Gasteiger partial charge < -0.3 is 9.47 Å². The maximum atomic E-state index is 12.2. The van der Waals surface area contributed by atoms with E-state index in [1.807, 2.05) is 30.3 Å². The third-order valence-electron chi connectivity index (χ3n) is 6.53. The van der Waals surface area contributed by atoms with Gasteiger partial charge in [-0.2, -0.15) is 0 Å². The zero-order valence-electron chi connectivity index (χ0n) is 17.4. The van der Waals surface area contributed by atoms with Crippen LogP contribution in [-0.2, 0) is 19.1 Å². The number of carbonyl (C=O) groups excluding carboxylic acids is 2. The van der Waals surface area contributed by atoms with Crippen LogP contribution in [0.15, 0.2) is 60.2 Å². The predicted octanol–water partition coefficient (Wildman–Crippen LogP) is 5.12. The van der Waals surface area contributed by atoms with Gasteiger partial charge in [0.2, 0.25) is 0 Å². The first-order chi connectivity index (χ1) is 13.9. The molecule has 3 unspecified atom stereocenters. The Bertz CT molecular complexity index is 820. The molecule has 2 aliphatic carbocycles. The van der Waals surface area contributed by atoms with Crippen LogP contribution in [0, 0.1) is 17.3 Å². The Hall–Kier alpha value is -2.62. The molecule has 0 spiro atoms. The Balaban J connectivity index is 1.63. The largest absolute Gasteiger partial charge is 0.466 e. The minimum absolute atomic E-state index is 0.121. The van der Waals surface area contributed by atoms with Crippen molar-refractivity contribution in [1.29, 1.82) is 0 Å². The lowest BCUT2D eigenvalue weighted by atomic mass is 9.57. The Kier molecular flexibility index (Phi) is 6.73. The van der Waals surface area contributed by atoms with E-state index in [0.29, 0.717) is 18.1 Å². The van der Waals surface area contributed by atoms with Gasteiger partial charge in [-0.25, -0.2) is 9.59 Å². The van der Waals surface area contributed by atoms with Crippen LogP contribution in [0.5, 0.6) is 0 Å². The first kappa shape index (κ1) is 21.1. The fraction of sp³-hybridized carbons (Fsp3) is 0.440. The van der Waals surface area contributed by atoms with Crippen LogP contribution in [0.2, 0.25) is 0 Å². The summed E-state index contributed by atoms with van der Waals surface area (Å²) in [6.07, 6.45) is 10.4. The number of carbonyl (C=O) groups is 2. The minimum Gasteiger partial charge on any atom is -0.466 e. The highest BCUT2D eigenvalue weighted by atomic mass is 16.5. The molecule has 1 aromatic carbocycles. The smallest absolute Gasteiger partial charge is 0.333 e. The first-order valence-electron chi connectivity index (χ1n) is 10.3. The van der Waals surface area contributed by atoms with Gasteiger partial charge in [-0.15, -0.1) is 0 Å². The van der Waals surface area contributed by atoms with E-state index in [4.69, 9.17) is 9.47 Å². The number of rotatable bonds is 6. The maximum absolute atomic E-state index is 12.2. The fourth-order valence-electron chi connectivity index (χ4n) is 4.70. The molecule has 0 amide bonds. The number of benzene rings is 1. The average Bonchev–Trinajstić information content (AvgIpc) is 2.75. The summed E-state index contributed by atoms with van der Waals surface area (Å²) in [5.41, 5.74) is 2.87. The molecule has 4 heteroatoms. The average molecular weight is 395 g/mol. The summed E-state index contributed by atoms with van der Waals surface area (Å²) < 4.78 is 10.4. The summed E-state index contributed by atoms with van der Waals surface area (Å²) in [5.74, 6) is -0.246. The van der Waals surface area contributed by atoms with E-state index in [1.54, 1.807) is 6.08 Å². The number of hydrogen-bond donors (Lipinski definition) is 0. The molecule has 2 aliphatic rings. The second-order valence-corrected chi connectivity index (χ2v) is 8.36. The van der Waals surface area contributed by atoms with E-state index in [2.05, 4.69) is 19.6 Å². The first-order valence-corrected chi connectivity index (χ1v) is 10.3. The molecule has 0 saturated heterocycles. The summed E-state index contributed by atoms with van der Waals surface area (Å²) in [5, 5.41) is 0. The van der Waals surface area contributed by atoms with Crippen molar-refractivity contribution < 1.29 is 19.1 Å². The van der Waals surface area contributed by atoms with Crippen molar-refractivity contribution >= 4 is 18.0 Å². The Labute approximate surface area is 173 Å². The monoisotopic (exact) mass is 394 g/mol. The van der Waals surface area contributed by atoms with Gasteiger partial charge in [0.1, 0.15) is 6.61 Å². The van der Waals surface area contributed by atoms with Crippen molar-refractivity contribution in [3.8, 4) is 0 Å². The lowest BCUT2D eigenvalue weighted by molar-refractivity contribution is -0.137. The van der Waals surface area contributed by atoms with Crippen LogP contribution < -0.4 is 0 Å². The zero-order valence-corrected chi connectivity index (χ0v) is 17.4. The summed E-state index contributed by atoms with van der Waals surface area (Å²) >= 11 is 0. The minimum atomic E-state index is -0.339. The summed E-state index contributed by atoms with van der Waals surface area (Å²) in [4.78, 5) is 24.1. The van der Waals surface area contributed by atoms with E-state index >= 15 is 0 Å². The number of fused-ring (bicyclic) bond motifs is 1. The highest BCUT2D eigenvalue weighted by Crippen LogP contribution is 2.53. The Morgan fingerprint density at radius 3 is 2.72 bits per heavy atom. The molecular formula is C25H30O4. The van der Waals surface area contributed by atoms with Crippen molar-refractivity contribution in [2.75, 3.05) is 13.7 Å². The lowest BCUT2D eigenvalue weighted by Crippen LogP contribution is -2.39. The topological polar surface area (TPSA) is 52.6 Å². The highest BCUT2D eigenvalue weighted by Gasteiger charge is 2.44. The molecule has 154 valence electrons. The molecule has 0 bridgehead atoms. The SMILES string of the molecule is C=C(C(=O)OC)C1CCC2(C)CCC=C(COC(=O)C=Cc3ccccc3)C2C1. The van der Waals surface area contributed by atoms with Crippen LogP contribution in [0.4, 0.5) is 0 Å². The molecule has 4 nitrogen and oxygen atoms in total. The van der Waals surface area contributed by atoms with Crippen LogP contribution >= 0.6 is 0 Å². The molecule has 0 heterocycles. The second-order valence-electron chi connectivity index (χ2n) is 8.36. The van der Waals surface area contributed by atoms with Crippen molar-refractivity contribution in [1.82, 2.24) is 0 Å². The van der Waals surface area contributed by atoms with E-state index in [1.165, 1.54) is 18.8 Å². The van der Waals surface area contributed by atoms with E-state index in [0.717, 1.165) is 37.7 Å². The molecule has 3 rings (SSSR count). The normalized spacial score (nSPS) is 26.3. The standard InChI is InChI=1S/C25H30O4/c1-18(24(27)28-3)20-13-15-25(2)14-7-10-21(22(25)16-20)17-29-23(26)12-11-19-8-5-4-6-9-19/h4-6,8-12,20,22H,1,7,13-17H2,2-3H3. The van der Waals surface area contributed by atoms with Crippen molar-refractivity contribution in [2.24, 2.45) is 17.3 Å². The van der Waals surface area contributed by atoms with Crippen molar-refractivity contribution in [2.45, 2.75) is 39.0 Å². The summed E-state index contributed by atoms with van der Waals surface area (Å²) in [6, 6.07) is 9.68. The molecule has 0 N–H and O–H groups in total. The maximum Gasteiger partial charge on any atom is 0.333 e. The van der Waals surface area contributed by atoms with Crippen LogP contribution in [0.25, 0.3) is 6.08 Å². The molecule has 3 atom stereocenters. The van der Waals surface area contributed by atoms with Crippen molar-refractivity contribution in [3.63, 3.8) is 0 Å². The van der Waals surface area contributed by atoms with Crippen LogP contribution in [0.3, 0.4) is 0 Å². The number of methoxy groups -OCH3 is 1. The van der Waals surface area contributed by atoms with Gasteiger partial charge in [0.25, 0.3) is 0 Å².